The van der Waals surface area contributed by atoms with Crippen LogP contribution in [0.15, 0.2) is 101 Å². The number of carbonyl (C=O) groups excluding carboxylic acids is 2. The number of halogens is 2. The summed E-state index contributed by atoms with van der Waals surface area (Å²) < 4.78 is 5.91. The van der Waals surface area contributed by atoms with Gasteiger partial charge in [-0.2, -0.15) is 0 Å². The van der Waals surface area contributed by atoms with Crippen LogP contribution in [0.5, 0.6) is 0 Å². The SMILES string of the molecule is CC(NC(=O)/C(=C\c1ccc(-c2ccc(Cl)cc2)o1)NC(=O)c1ccc(Cl)cc1)c1ccccc1. The van der Waals surface area contributed by atoms with Crippen LogP contribution in [-0.2, 0) is 4.79 Å². The highest BCUT2D eigenvalue weighted by Crippen LogP contribution is 2.25. The fraction of sp³-hybridized carbons (Fsp3) is 0.0714. The van der Waals surface area contributed by atoms with Crippen molar-refractivity contribution in [1.82, 2.24) is 10.6 Å². The van der Waals surface area contributed by atoms with Crippen LogP contribution in [0.1, 0.15) is 34.6 Å². The quantitative estimate of drug-likeness (QED) is 0.269. The molecule has 4 rings (SSSR count). The largest absolute Gasteiger partial charge is 0.457 e. The maximum atomic E-state index is 13.2. The fourth-order valence-corrected chi connectivity index (χ4v) is 3.65. The van der Waals surface area contributed by atoms with Crippen molar-refractivity contribution in [2.75, 3.05) is 0 Å². The van der Waals surface area contributed by atoms with E-state index in [0.717, 1.165) is 11.1 Å². The predicted molar refractivity (Wildman–Crippen MR) is 139 cm³/mol. The topological polar surface area (TPSA) is 71.3 Å². The number of furan rings is 1. The molecular formula is C28H22Cl2N2O3. The third-order valence-corrected chi connectivity index (χ3v) is 5.79. The van der Waals surface area contributed by atoms with Crippen LogP contribution < -0.4 is 10.6 Å². The Morgan fingerprint density at radius 1 is 0.829 bits per heavy atom. The smallest absolute Gasteiger partial charge is 0.268 e. The molecule has 0 saturated carbocycles. The van der Waals surface area contributed by atoms with Gasteiger partial charge in [0.15, 0.2) is 0 Å². The van der Waals surface area contributed by atoms with Crippen LogP contribution in [-0.4, -0.2) is 11.8 Å². The number of hydrogen-bond acceptors (Lipinski definition) is 3. The van der Waals surface area contributed by atoms with Gasteiger partial charge in [0, 0.05) is 27.2 Å². The zero-order valence-electron chi connectivity index (χ0n) is 18.8. The monoisotopic (exact) mass is 504 g/mol. The first-order chi connectivity index (χ1) is 16.9. The molecular weight excluding hydrogens is 483 g/mol. The number of carbonyl (C=O) groups is 2. The second kappa shape index (κ2) is 11.1. The molecule has 1 heterocycles. The Kier molecular flexibility index (Phi) is 7.70. The summed E-state index contributed by atoms with van der Waals surface area (Å²) >= 11 is 11.9. The molecule has 35 heavy (non-hydrogen) atoms. The average molecular weight is 505 g/mol. The van der Waals surface area contributed by atoms with E-state index >= 15 is 0 Å². The third-order valence-electron chi connectivity index (χ3n) is 5.29. The van der Waals surface area contributed by atoms with Gasteiger partial charge in [0.05, 0.1) is 6.04 Å². The van der Waals surface area contributed by atoms with Crippen molar-refractivity contribution in [3.63, 3.8) is 0 Å². The van der Waals surface area contributed by atoms with Gasteiger partial charge < -0.3 is 15.1 Å². The first kappa shape index (κ1) is 24.3. The van der Waals surface area contributed by atoms with Gasteiger partial charge in [-0.3, -0.25) is 9.59 Å². The lowest BCUT2D eigenvalue weighted by atomic mass is 10.1. The number of rotatable bonds is 7. The molecule has 0 radical (unpaired) electrons. The Morgan fingerprint density at radius 2 is 1.46 bits per heavy atom. The molecule has 2 amide bonds. The lowest BCUT2D eigenvalue weighted by Gasteiger charge is -2.16. The van der Waals surface area contributed by atoms with Crippen LogP contribution in [0.3, 0.4) is 0 Å². The maximum absolute atomic E-state index is 13.2. The predicted octanol–water partition coefficient (Wildman–Crippen LogP) is 6.90. The van der Waals surface area contributed by atoms with Crippen molar-refractivity contribution >= 4 is 41.1 Å². The van der Waals surface area contributed by atoms with Gasteiger partial charge in [0.25, 0.3) is 11.8 Å². The van der Waals surface area contributed by atoms with Crippen molar-refractivity contribution in [3.05, 3.63) is 124 Å². The molecule has 0 bridgehead atoms. The van der Waals surface area contributed by atoms with Crippen molar-refractivity contribution in [2.24, 2.45) is 0 Å². The van der Waals surface area contributed by atoms with Gasteiger partial charge in [-0.25, -0.2) is 0 Å². The summed E-state index contributed by atoms with van der Waals surface area (Å²) in [5, 5.41) is 6.76. The third kappa shape index (κ3) is 6.41. The van der Waals surface area contributed by atoms with E-state index < -0.39 is 11.8 Å². The molecule has 1 atom stereocenters. The zero-order valence-corrected chi connectivity index (χ0v) is 20.3. The lowest BCUT2D eigenvalue weighted by molar-refractivity contribution is -0.118. The molecule has 0 saturated heterocycles. The van der Waals surface area contributed by atoms with E-state index in [2.05, 4.69) is 10.6 Å². The van der Waals surface area contributed by atoms with Gasteiger partial charge in [0.2, 0.25) is 0 Å². The molecule has 2 N–H and O–H groups in total. The molecule has 176 valence electrons. The number of amides is 2. The molecule has 1 aromatic heterocycles. The summed E-state index contributed by atoms with van der Waals surface area (Å²) in [6, 6.07) is 26.4. The van der Waals surface area contributed by atoms with E-state index in [0.29, 0.717) is 27.1 Å². The van der Waals surface area contributed by atoms with Crippen LogP contribution in [0.25, 0.3) is 17.4 Å². The number of benzene rings is 3. The Bertz CT molecular complexity index is 1350. The fourth-order valence-electron chi connectivity index (χ4n) is 3.40. The van der Waals surface area contributed by atoms with Gasteiger partial charge in [0.1, 0.15) is 17.2 Å². The van der Waals surface area contributed by atoms with Crippen molar-refractivity contribution in [2.45, 2.75) is 13.0 Å². The van der Waals surface area contributed by atoms with Crippen molar-refractivity contribution < 1.29 is 14.0 Å². The highest BCUT2D eigenvalue weighted by Gasteiger charge is 2.18. The Balaban J connectivity index is 1.60. The molecule has 7 heteroatoms. The van der Waals surface area contributed by atoms with E-state index in [9.17, 15) is 9.59 Å². The normalized spacial score (nSPS) is 12.1. The molecule has 0 fully saturated rings. The summed E-state index contributed by atoms with van der Waals surface area (Å²) in [7, 11) is 0. The molecule has 4 aromatic rings. The zero-order chi connectivity index (χ0) is 24.8. The Morgan fingerprint density at radius 3 is 2.11 bits per heavy atom. The van der Waals surface area contributed by atoms with E-state index in [1.807, 2.05) is 49.4 Å². The van der Waals surface area contributed by atoms with Crippen LogP contribution in [0.4, 0.5) is 0 Å². The highest BCUT2D eigenvalue weighted by atomic mass is 35.5. The van der Waals surface area contributed by atoms with E-state index in [4.69, 9.17) is 27.6 Å². The first-order valence-corrected chi connectivity index (χ1v) is 11.6. The minimum atomic E-state index is -0.451. The van der Waals surface area contributed by atoms with Gasteiger partial charge in [-0.05, 0) is 73.2 Å². The van der Waals surface area contributed by atoms with Crippen LogP contribution in [0, 0.1) is 0 Å². The molecule has 0 aliphatic rings. The minimum Gasteiger partial charge on any atom is -0.457 e. The van der Waals surface area contributed by atoms with Crippen molar-refractivity contribution in [3.8, 4) is 11.3 Å². The lowest BCUT2D eigenvalue weighted by Crippen LogP contribution is -2.36. The molecule has 0 aliphatic heterocycles. The number of hydrogen-bond donors (Lipinski definition) is 2. The standard InChI is InChI=1S/C28H22Cl2N2O3/c1-18(19-5-3-2-4-6-19)31-28(34)25(32-27(33)21-9-13-23(30)14-10-21)17-24-15-16-26(35-24)20-7-11-22(29)12-8-20/h2-18H,1H3,(H,31,34)(H,32,33)/b25-17+. The van der Waals surface area contributed by atoms with E-state index in [-0.39, 0.29) is 11.7 Å². The molecule has 1 unspecified atom stereocenters. The highest BCUT2D eigenvalue weighted by molar-refractivity contribution is 6.31. The second-order valence-corrected chi connectivity index (χ2v) is 8.71. The van der Waals surface area contributed by atoms with Crippen LogP contribution >= 0.6 is 23.2 Å². The maximum Gasteiger partial charge on any atom is 0.268 e. The summed E-state index contributed by atoms with van der Waals surface area (Å²) in [6.07, 6.45) is 1.50. The van der Waals surface area contributed by atoms with E-state index in [1.165, 1.54) is 6.08 Å². The molecule has 0 aliphatic carbocycles. The minimum absolute atomic E-state index is 0.0461. The van der Waals surface area contributed by atoms with Gasteiger partial charge in [-0.15, -0.1) is 0 Å². The molecule has 0 spiro atoms. The molecule has 3 aromatic carbocycles. The Hall–Kier alpha value is -3.80. The van der Waals surface area contributed by atoms with Gasteiger partial charge >= 0.3 is 0 Å². The number of nitrogens with one attached hydrogen (secondary N) is 2. The second-order valence-electron chi connectivity index (χ2n) is 7.83. The van der Waals surface area contributed by atoms with Gasteiger partial charge in [-0.1, -0.05) is 53.5 Å². The van der Waals surface area contributed by atoms with E-state index in [1.54, 1.807) is 48.5 Å². The first-order valence-electron chi connectivity index (χ1n) is 10.9. The summed E-state index contributed by atoms with van der Waals surface area (Å²) in [6.45, 7) is 1.87. The Labute approximate surface area is 213 Å². The summed E-state index contributed by atoms with van der Waals surface area (Å²) in [5.74, 6) is 0.117. The molecule has 5 nitrogen and oxygen atoms in total. The van der Waals surface area contributed by atoms with Crippen LogP contribution in [0.2, 0.25) is 10.0 Å². The summed E-state index contributed by atoms with van der Waals surface area (Å²) in [5.41, 5.74) is 2.19. The summed E-state index contributed by atoms with van der Waals surface area (Å²) in [4.78, 5) is 26.1. The van der Waals surface area contributed by atoms with Crippen molar-refractivity contribution in [1.29, 1.82) is 0 Å². The average Bonchev–Trinajstić information content (AvgIpc) is 3.33.